The predicted octanol–water partition coefficient (Wildman–Crippen LogP) is 19.0. The molecule has 0 amide bonds. The lowest BCUT2D eigenvalue weighted by Crippen LogP contribution is -2.16. The van der Waals surface area contributed by atoms with E-state index in [2.05, 4.69) is 244 Å². The molecule has 0 spiro atoms. The van der Waals surface area contributed by atoms with Crippen molar-refractivity contribution in [1.82, 2.24) is 13.7 Å². The molecule has 0 bridgehead atoms. The number of para-hydroxylation sites is 3. The SMILES string of the molecule is N/C(=N\C(=N/Cc1ccccc1)c1ccc2sc3ccc(-n4c5cc(-c6ccc(-n7c8ccccc8c8ccccc87)cc6)ccc5c5ccc(-n6c7ccccc7c7ccc(-c8ccccc8)cc76)cc54)cc3c2c1)c1ccccc1. The van der Waals surface area contributed by atoms with E-state index in [0.717, 1.165) is 61.3 Å². The number of hydrogen-bond donors (Lipinski definition) is 1. The lowest BCUT2D eigenvalue weighted by molar-refractivity contribution is 1.06. The molecule has 16 aromatic rings. The van der Waals surface area contributed by atoms with Gasteiger partial charge in [-0.2, -0.15) is 0 Å². The molecule has 0 atom stereocenters. The van der Waals surface area contributed by atoms with Crippen LogP contribution in [0, 0.1) is 0 Å². The molecule has 0 aliphatic carbocycles. The van der Waals surface area contributed by atoms with E-state index in [1.807, 2.05) is 48.5 Å². The molecule has 6 nitrogen and oxygen atoms in total. The Morgan fingerprint density at radius 3 is 1.37 bits per heavy atom. The first-order valence-electron chi connectivity index (χ1n) is 27.8. The number of thiophene rings is 1. The van der Waals surface area contributed by atoms with Crippen molar-refractivity contribution in [3.63, 3.8) is 0 Å². The van der Waals surface area contributed by atoms with Gasteiger partial charge in [-0.25, -0.2) is 4.99 Å². The lowest BCUT2D eigenvalue weighted by atomic mass is 10.0. The van der Waals surface area contributed by atoms with Crippen molar-refractivity contribution in [2.75, 3.05) is 0 Å². The van der Waals surface area contributed by atoms with Gasteiger partial charge in [0.1, 0.15) is 5.84 Å². The van der Waals surface area contributed by atoms with Gasteiger partial charge in [0.05, 0.1) is 39.6 Å². The number of aliphatic imine (C=N–C) groups is 2. The third kappa shape index (κ3) is 7.93. The van der Waals surface area contributed by atoms with Gasteiger partial charge in [0.2, 0.25) is 0 Å². The standard InChI is InChI=1S/C75H50N6S/c76-74(51-20-8-3-9-21-51)78-75(77-47-48-16-4-1-5-17-48)54-32-40-72-64(42-54)65-45-56(36-41-73(65)82-72)81-70-44-53(50-28-33-55(34-29-50)79-66-25-13-10-22-58(66)59-23-11-14-26-67(59)79)31-38-62(70)63-39-35-57(46-71(63)81)80-68-27-15-12-24-60(68)61-37-30-52(43-69(61)80)49-18-6-2-7-19-49/h1-46H,47H2,(H2,76,77,78). The zero-order valence-electron chi connectivity index (χ0n) is 44.5. The third-order valence-corrected chi connectivity index (χ3v) is 17.5. The highest BCUT2D eigenvalue weighted by Gasteiger charge is 2.20. The second-order valence-corrected chi connectivity index (χ2v) is 22.2. The summed E-state index contributed by atoms with van der Waals surface area (Å²) in [7, 11) is 0. The van der Waals surface area contributed by atoms with Crippen LogP contribution in [0.25, 0.3) is 125 Å². The maximum absolute atomic E-state index is 6.75. The third-order valence-electron chi connectivity index (χ3n) is 16.3. The first-order chi connectivity index (χ1) is 40.6. The summed E-state index contributed by atoms with van der Waals surface area (Å²) in [5, 5.41) is 9.63. The molecule has 0 unspecified atom stereocenters. The number of aromatic nitrogens is 3. The van der Waals surface area contributed by atoms with E-state index in [4.69, 9.17) is 15.7 Å². The normalized spacial score (nSPS) is 12.4. The average molecular weight is 1070 g/mol. The summed E-state index contributed by atoms with van der Waals surface area (Å²) in [6.07, 6.45) is 0. The highest BCUT2D eigenvalue weighted by Crippen LogP contribution is 2.42. The van der Waals surface area contributed by atoms with E-state index in [1.54, 1.807) is 11.3 Å². The zero-order chi connectivity index (χ0) is 54.3. The molecular formula is C75H50N6S. The quantitative estimate of drug-likeness (QED) is 0.114. The number of benzene rings is 12. The second kappa shape index (κ2) is 19.3. The van der Waals surface area contributed by atoms with Crippen LogP contribution in [-0.2, 0) is 6.54 Å². The van der Waals surface area contributed by atoms with Crippen molar-refractivity contribution >= 4 is 109 Å². The Bertz CT molecular complexity index is 5180. The van der Waals surface area contributed by atoms with Gasteiger partial charge in [0.15, 0.2) is 5.84 Å². The van der Waals surface area contributed by atoms with Crippen LogP contribution in [-0.4, -0.2) is 25.4 Å². The monoisotopic (exact) mass is 1070 g/mol. The van der Waals surface area contributed by atoms with Gasteiger partial charge in [-0.1, -0.05) is 188 Å². The Balaban J connectivity index is 0.887. The number of nitrogens with zero attached hydrogens (tertiary/aromatic N) is 5. The summed E-state index contributed by atoms with van der Waals surface area (Å²) in [6, 6.07) is 101. The highest BCUT2D eigenvalue weighted by atomic mass is 32.1. The van der Waals surface area contributed by atoms with Crippen LogP contribution in [0.4, 0.5) is 0 Å². The number of amidine groups is 2. The van der Waals surface area contributed by atoms with Crippen LogP contribution in [0.5, 0.6) is 0 Å². The fourth-order valence-electron chi connectivity index (χ4n) is 12.4. The molecule has 12 aromatic carbocycles. The molecule has 16 rings (SSSR count). The Hall–Kier alpha value is -10.6. The molecule has 0 radical (unpaired) electrons. The van der Waals surface area contributed by atoms with Crippen molar-refractivity contribution in [2.24, 2.45) is 15.7 Å². The minimum atomic E-state index is 0.423. The predicted molar refractivity (Wildman–Crippen MR) is 347 cm³/mol. The Morgan fingerprint density at radius 2 is 0.744 bits per heavy atom. The molecule has 4 heterocycles. The largest absolute Gasteiger partial charge is 0.383 e. The van der Waals surface area contributed by atoms with Gasteiger partial charge in [0.25, 0.3) is 0 Å². The molecule has 2 N–H and O–H groups in total. The van der Waals surface area contributed by atoms with Gasteiger partial charge in [-0.3, -0.25) is 4.99 Å². The molecule has 0 fully saturated rings. The summed E-state index contributed by atoms with van der Waals surface area (Å²) in [4.78, 5) is 10.2. The first kappa shape index (κ1) is 47.4. The average Bonchev–Trinajstić information content (AvgIpc) is 4.44. The lowest BCUT2D eigenvalue weighted by Gasteiger charge is -2.13. The molecule has 7 heteroatoms. The van der Waals surface area contributed by atoms with E-state index >= 15 is 0 Å². The number of hydrogen-bond acceptors (Lipinski definition) is 2. The van der Waals surface area contributed by atoms with Gasteiger partial charge >= 0.3 is 0 Å². The minimum Gasteiger partial charge on any atom is -0.383 e. The molecule has 386 valence electrons. The fourth-order valence-corrected chi connectivity index (χ4v) is 13.5. The maximum Gasteiger partial charge on any atom is 0.157 e. The summed E-state index contributed by atoms with van der Waals surface area (Å²) < 4.78 is 9.71. The minimum absolute atomic E-state index is 0.423. The van der Waals surface area contributed by atoms with Crippen molar-refractivity contribution in [1.29, 1.82) is 0 Å². The molecule has 0 saturated heterocycles. The van der Waals surface area contributed by atoms with Crippen LogP contribution in [0.15, 0.2) is 289 Å². The van der Waals surface area contributed by atoms with Crippen molar-refractivity contribution in [3.05, 3.63) is 296 Å². The topological polar surface area (TPSA) is 65.5 Å². The van der Waals surface area contributed by atoms with E-state index in [1.165, 1.54) is 80.3 Å². The van der Waals surface area contributed by atoms with E-state index in [0.29, 0.717) is 18.2 Å². The molecular weight excluding hydrogens is 1020 g/mol. The molecule has 0 aliphatic rings. The Labute approximate surface area is 476 Å². The van der Waals surface area contributed by atoms with Crippen LogP contribution < -0.4 is 5.73 Å². The van der Waals surface area contributed by atoms with E-state index < -0.39 is 0 Å². The molecule has 4 aromatic heterocycles. The van der Waals surface area contributed by atoms with Crippen LogP contribution in [0.2, 0.25) is 0 Å². The molecule has 0 aliphatic heterocycles. The van der Waals surface area contributed by atoms with E-state index in [9.17, 15) is 0 Å². The van der Waals surface area contributed by atoms with Crippen LogP contribution in [0.3, 0.4) is 0 Å². The highest BCUT2D eigenvalue weighted by molar-refractivity contribution is 7.25. The molecule has 82 heavy (non-hydrogen) atoms. The van der Waals surface area contributed by atoms with Gasteiger partial charge in [-0.05, 0) is 119 Å². The first-order valence-corrected chi connectivity index (χ1v) is 28.6. The summed E-state index contributed by atoms with van der Waals surface area (Å²) in [6.45, 7) is 0.473. The number of fused-ring (bicyclic) bond motifs is 12. The van der Waals surface area contributed by atoms with Crippen molar-refractivity contribution in [2.45, 2.75) is 6.54 Å². The fraction of sp³-hybridized carbons (Fsp3) is 0.0133. The van der Waals surface area contributed by atoms with Gasteiger partial charge in [-0.15, -0.1) is 11.3 Å². The second-order valence-electron chi connectivity index (χ2n) is 21.1. The van der Waals surface area contributed by atoms with Crippen molar-refractivity contribution in [3.8, 4) is 39.3 Å². The maximum atomic E-state index is 6.75. The summed E-state index contributed by atoms with van der Waals surface area (Å²) in [5.41, 5.74) is 24.6. The molecule has 0 saturated carbocycles. The van der Waals surface area contributed by atoms with Crippen LogP contribution >= 0.6 is 11.3 Å². The van der Waals surface area contributed by atoms with E-state index in [-0.39, 0.29) is 0 Å². The van der Waals surface area contributed by atoms with Gasteiger partial charge < -0.3 is 19.4 Å². The Morgan fingerprint density at radius 1 is 0.317 bits per heavy atom. The van der Waals surface area contributed by atoms with Crippen molar-refractivity contribution < 1.29 is 0 Å². The van der Waals surface area contributed by atoms with Crippen LogP contribution in [0.1, 0.15) is 16.7 Å². The number of nitrogens with two attached hydrogens (primary N) is 1. The zero-order valence-corrected chi connectivity index (χ0v) is 45.3. The smallest absolute Gasteiger partial charge is 0.157 e. The summed E-state index contributed by atoms with van der Waals surface area (Å²) in [5.74, 6) is 1.01. The Kier molecular flexibility index (Phi) is 11.2. The summed E-state index contributed by atoms with van der Waals surface area (Å²) >= 11 is 1.80. The number of rotatable bonds is 9. The van der Waals surface area contributed by atoms with Gasteiger partial charge in [0, 0.05) is 80.7 Å².